The highest BCUT2D eigenvalue weighted by Gasteiger charge is 2.18. The summed E-state index contributed by atoms with van der Waals surface area (Å²) in [5.41, 5.74) is 0.715. The highest BCUT2D eigenvalue weighted by molar-refractivity contribution is 8.00. The van der Waals surface area contributed by atoms with Crippen LogP contribution in [-0.4, -0.2) is 26.5 Å². The van der Waals surface area contributed by atoms with Gasteiger partial charge in [-0.15, -0.1) is 10.2 Å². The van der Waals surface area contributed by atoms with Gasteiger partial charge in [0.05, 0.1) is 11.8 Å². The van der Waals surface area contributed by atoms with Crippen LogP contribution in [0.3, 0.4) is 0 Å². The molecular weight excluding hydrogens is 244 g/mol. The molecule has 2 aromatic heterocycles. The highest BCUT2D eigenvalue weighted by atomic mass is 32.2. The first-order valence-electron chi connectivity index (χ1n) is 4.85. The van der Waals surface area contributed by atoms with Crippen LogP contribution >= 0.6 is 11.8 Å². The summed E-state index contributed by atoms with van der Waals surface area (Å²) >= 11 is 1.01. The van der Waals surface area contributed by atoms with Crippen molar-refractivity contribution in [1.29, 1.82) is 0 Å². The molecule has 1 atom stereocenters. The van der Waals surface area contributed by atoms with E-state index in [1.165, 1.54) is 6.26 Å². The van der Waals surface area contributed by atoms with Gasteiger partial charge in [-0.3, -0.25) is 4.79 Å². The number of nitrogens with zero attached hydrogens (tertiary/aromatic N) is 2. The number of carboxylic acid groups (broad SMARTS) is 1. The number of hydrogen-bond donors (Lipinski definition) is 1. The first-order chi connectivity index (χ1) is 8.08. The van der Waals surface area contributed by atoms with E-state index in [0.717, 1.165) is 11.8 Å². The monoisotopic (exact) mass is 254 g/mol. The summed E-state index contributed by atoms with van der Waals surface area (Å²) in [5, 5.41) is 16.0. The standard InChI is InChI=1S/C10H10N2O4S/c1-5-7(3-4-15-5)8-11-12-10(16-8)17-6(2)9(13)14/h3-4,6H,1-2H3,(H,13,14)/t6-/m1/s1. The molecular formula is C10H10N2O4S. The minimum absolute atomic E-state index is 0.232. The molecule has 0 aliphatic heterocycles. The topological polar surface area (TPSA) is 89.4 Å². The fourth-order valence-electron chi connectivity index (χ4n) is 1.17. The van der Waals surface area contributed by atoms with Crippen molar-refractivity contribution < 1.29 is 18.7 Å². The fourth-order valence-corrected chi connectivity index (χ4v) is 1.79. The molecule has 0 bridgehead atoms. The highest BCUT2D eigenvalue weighted by Crippen LogP contribution is 2.28. The van der Waals surface area contributed by atoms with Gasteiger partial charge in [-0.2, -0.15) is 0 Å². The molecule has 6 nitrogen and oxygen atoms in total. The van der Waals surface area contributed by atoms with Gasteiger partial charge in [0.25, 0.3) is 11.1 Å². The second kappa shape index (κ2) is 4.62. The molecule has 17 heavy (non-hydrogen) atoms. The predicted octanol–water partition coefficient (Wildman–Crippen LogP) is 2.20. The summed E-state index contributed by atoms with van der Waals surface area (Å²) in [5.74, 6) is 0.0852. The Morgan fingerprint density at radius 2 is 2.29 bits per heavy atom. The van der Waals surface area contributed by atoms with E-state index in [1.807, 2.05) is 0 Å². The number of thioether (sulfide) groups is 1. The van der Waals surface area contributed by atoms with Crippen molar-refractivity contribution in [2.24, 2.45) is 0 Å². The average Bonchev–Trinajstić information content (AvgIpc) is 2.86. The number of aryl methyl sites for hydroxylation is 1. The number of rotatable bonds is 4. The molecule has 0 saturated carbocycles. The summed E-state index contributed by atoms with van der Waals surface area (Å²) in [6.45, 7) is 3.34. The van der Waals surface area contributed by atoms with E-state index in [-0.39, 0.29) is 5.22 Å². The molecule has 2 heterocycles. The van der Waals surface area contributed by atoms with Gasteiger partial charge in [0.15, 0.2) is 0 Å². The Morgan fingerprint density at radius 1 is 1.53 bits per heavy atom. The van der Waals surface area contributed by atoms with E-state index in [4.69, 9.17) is 13.9 Å². The maximum atomic E-state index is 10.7. The third kappa shape index (κ3) is 2.50. The average molecular weight is 254 g/mol. The molecule has 7 heteroatoms. The van der Waals surface area contributed by atoms with Gasteiger partial charge in [-0.05, 0) is 19.9 Å². The quantitative estimate of drug-likeness (QED) is 0.836. The normalized spacial score (nSPS) is 12.6. The Bertz CT molecular complexity index is 534. The maximum Gasteiger partial charge on any atom is 0.316 e. The zero-order chi connectivity index (χ0) is 12.4. The van der Waals surface area contributed by atoms with Crippen molar-refractivity contribution in [3.05, 3.63) is 18.1 Å². The van der Waals surface area contributed by atoms with E-state index in [1.54, 1.807) is 19.9 Å². The van der Waals surface area contributed by atoms with Crippen LogP contribution in [0, 0.1) is 6.92 Å². The van der Waals surface area contributed by atoms with Crippen LogP contribution in [0.25, 0.3) is 11.5 Å². The van der Waals surface area contributed by atoms with Crippen molar-refractivity contribution >= 4 is 17.7 Å². The number of carbonyl (C=O) groups is 1. The van der Waals surface area contributed by atoms with Gasteiger partial charge in [-0.25, -0.2) is 0 Å². The summed E-state index contributed by atoms with van der Waals surface area (Å²) in [6.07, 6.45) is 1.53. The SMILES string of the molecule is Cc1occc1-c1nnc(S[C@H](C)C(=O)O)o1. The predicted molar refractivity (Wildman–Crippen MR) is 59.7 cm³/mol. The molecule has 0 saturated heterocycles. The Kier molecular flexibility index (Phi) is 3.19. The van der Waals surface area contributed by atoms with E-state index in [2.05, 4.69) is 10.2 Å². The van der Waals surface area contributed by atoms with Crippen molar-refractivity contribution in [2.45, 2.75) is 24.3 Å². The molecule has 1 N–H and O–H groups in total. The lowest BCUT2D eigenvalue weighted by molar-refractivity contribution is -0.136. The molecule has 0 radical (unpaired) electrons. The number of furan rings is 1. The van der Waals surface area contributed by atoms with Crippen molar-refractivity contribution in [1.82, 2.24) is 10.2 Å². The van der Waals surface area contributed by atoms with Gasteiger partial charge in [0, 0.05) is 0 Å². The molecule has 0 fully saturated rings. The number of aromatic nitrogens is 2. The lowest BCUT2D eigenvalue weighted by Gasteiger charge is -1.99. The molecule has 0 unspecified atom stereocenters. The summed E-state index contributed by atoms with van der Waals surface area (Å²) in [6, 6.07) is 1.72. The van der Waals surface area contributed by atoms with Crippen molar-refractivity contribution in [3.63, 3.8) is 0 Å². The molecule has 2 aromatic rings. The first kappa shape index (κ1) is 11.7. The zero-order valence-electron chi connectivity index (χ0n) is 9.21. The number of aliphatic carboxylic acids is 1. The molecule has 0 amide bonds. The minimum Gasteiger partial charge on any atom is -0.480 e. The Morgan fingerprint density at radius 3 is 2.88 bits per heavy atom. The van der Waals surface area contributed by atoms with Gasteiger partial charge < -0.3 is 13.9 Å². The minimum atomic E-state index is -0.922. The van der Waals surface area contributed by atoms with Crippen LogP contribution in [0.15, 0.2) is 26.4 Å². The second-order valence-corrected chi connectivity index (χ2v) is 4.65. The van der Waals surface area contributed by atoms with Crippen LogP contribution in [0.4, 0.5) is 0 Å². The maximum absolute atomic E-state index is 10.7. The Balaban J connectivity index is 2.17. The summed E-state index contributed by atoms with van der Waals surface area (Å²) in [7, 11) is 0. The van der Waals surface area contributed by atoms with Crippen molar-refractivity contribution in [3.8, 4) is 11.5 Å². The summed E-state index contributed by atoms with van der Waals surface area (Å²) in [4.78, 5) is 10.7. The lowest BCUT2D eigenvalue weighted by atomic mass is 10.3. The van der Waals surface area contributed by atoms with E-state index >= 15 is 0 Å². The number of carboxylic acids is 1. The molecule has 0 aliphatic carbocycles. The van der Waals surface area contributed by atoms with Gasteiger partial charge in [0.1, 0.15) is 11.0 Å². The first-order valence-corrected chi connectivity index (χ1v) is 5.73. The Hall–Kier alpha value is -1.76. The van der Waals surface area contributed by atoms with Gasteiger partial charge in [0.2, 0.25) is 0 Å². The van der Waals surface area contributed by atoms with Crippen LogP contribution in [0.1, 0.15) is 12.7 Å². The summed E-state index contributed by atoms with van der Waals surface area (Å²) < 4.78 is 10.5. The molecule has 0 aliphatic rings. The van der Waals surface area contributed by atoms with Crippen LogP contribution in [0.2, 0.25) is 0 Å². The molecule has 0 aromatic carbocycles. The second-order valence-electron chi connectivity index (χ2n) is 3.36. The van der Waals surface area contributed by atoms with E-state index in [9.17, 15) is 4.79 Å². The third-order valence-corrected chi connectivity index (χ3v) is 3.04. The van der Waals surface area contributed by atoms with E-state index < -0.39 is 11.2 Å². The largest absolute Gasteiger partial charge is 0.480 e. The van der Waals surface area contributed by atoms with Gasteiger partial charge in [-0.1, -0.05) is 11.8 Å². The number of hydrogen-bond acceptors (Lipinski definition) is 6. The van der Waals surface area contributed by atoms with E-state index in [0.29, 0.717) is 17.2 Å². The molecule has 2 rings (SSSR count). The molecule has 90 valence electrons. The van der Waals surface area contributed by atoms with Crippen LogP contribution < -0.4 is 0 Å². The molecule has 0 spiro atoms. The Labute approximate surface area is 101 Å². The smallest absolute Gasteiger partial charge is 0.316 e. The fraction of sp³-hybridized carbons (Fsp3) is 0.300. The van der Waals surface area contributed by atoms with Crippen LogP contribution in [-0.2, 0) is 4.79 Å². The third-order valence-electron chi connectivity index (χ3n) is 2.12. The van der Waals surface area contributed by atoms with Gasteiger partial charge >= 0.3 is 5.97 Å². The zero-order valence-corrected chi connectivity index (χ0v) is 10.0. The lowest BCUT2D eigenvalue weighted by Crippen LogP contribution is -2.10. The van der Waals surface area contributed by atoms with Crippen LogP contribution in [0.5, 0.6) is 0 Å². The van der Waals surface area contributed by atoms with Crippen molar-refractivity contribution in [2.75, 3.05) is 0 Å².